The third kappa shape index (κ3) is 5.27. The van der Waals surface area contributed by atoms with Gasteiger partial charge in [-0.05, 0) is 80.8 Å². The first kappa shape index (κ1) is 24.0. The van der Waals surface area contributed by atoms with Gasteiger partial charge in [0.05, 0.1) is 17.4 Å². The van der Waals surface area contributed by atoms with Gasteiger partial charge in [-0.3, -0.25) is 4.79 Å². The lowest BCUT2D eigenvalue weighted by atomic mass is 9.93. The Morgan fingerprint density at radius 1 is 1.00 bits per heavy atom. The van der Waals surface area contributed by atoms with Crippen molar-refractivity contribution in [2.75, 3.05) is 41.3 Å². The zero-order valence-electron chi connectivity index (χ0n) is 20.5. The topological polar surface area (TPSA) is 68.7 Å². The van der Waals surface area contributed by atoms with E-state index in [2.05, 4.69) is 15.2 Å². The van der Waals surface area contributed by atoms with Gasteiger partial charge < -0.3 is 20.2 Å². The van der Waals surface area contributed by atoms with Crippen LogP contribution >= 0.6 is 0 Å². The highest BCUT2D eigenvalue weighted by Crippen LogP contribution is 2.54. The number of aryl methyl sites for hydroxylation is 1. The molecule has 2 N–H and O–H groups in total. The number of hydrogen-bond acceptors (Lipinski definition) is 5. The van der Waals surface area contributed by atoms with E-state index in [-0.39, 0.29) is 31.8 Å². The SMILES string of the molecule is Cc1cc(NC(=O)c2ccc(C(C)O)nc2N2CCC3(CC2)CC3)cc(N2CCC(F)(F)CC2)c1. The summed E-state index contributed by atoms with van der Waals surface area (Å²) in [4.78, 5) is 22.2. The molecule has 2 aliphatic heterocycles. The minimum absolute atomic E-state index is 0.162. The fourth-order valence-corrected chi connectivity index (χ4v) is 5.29. The first-order valence-corrected chi connectivity index (χ1v) is 12.6. The van der Waals surface area contributed by atoms with E-state index in [1.54, 1.807) is 19.1 Å². The number of alkyl halides is 2. The molecule has 1 unspecified atom stereocenters. The van der Waals surface area contributed by atoms with Crippen molar-refractivity contribution in [2.24, 2.45) is 5.41 Å². The summed E-state index contributed by atoms with van der Waals surface area (Å²) in [5, 5.41) is 13.1. The standard InChI is InChI=1S/C27H34F2N4O2/c1-18-15-20(17-21(16-18)32-13-9-27(28,29)10-14-32)30-25(35)22-3-4-23(19(2)34)31-24(22)33-11-7-26(5-6-26)8-12-33/h3-4,15-17,19,34H,5-14H2,1-2H3,(H,30,35). The molecule has 188 valence electrons. The van der Waals surface area contributed by atoms with Crippen LogP contribution in [0, 0.1) is 12.3 Å². The summed E-state index contributed by atoms with van der Waals surface area (Å²) in [6.45, 7) is 5.88. The number of carbonyl (C=O) groups excluding carboxylic acids is 1. The number of aliphatic hydroxyl groups excluding tert-OH is 1. The largest absolute Gasteiger partial charge is 0.387 e. The zero-order valence-corrected chi connectivity index (χ0v) is 20.5. The van der Waals surface area contributed by atoms with Gasteiger partial charge in [-0.25, -0.2) is 13.8 Å². The number of nitrogens with zero attached hydrogens (tertiary/aromatic N) is 3. The third-order valence-electron chi connectivity index (χ3n) is 7.83. The van der Waals surface area contributed by atoms with Gasteiger partial charge in [-0.15, -0.1) is 0 Å². The second-order valence-electron chi connectivity index (χ2n) is 10.6. The molecule has 3 aliphatic rings. The Morgan fingerprint density at radius 2 is 1.66 bits per heavy atom. The molecule has 35 heavy (non-hydrogen) atoms. The molecule has 2 aromatic rings. The minimum atomic E-state index is -2.60. The Kier molecular flexibility index (Phi) is 6.20. The lowest BCUT2D eigenvalue weighted by Gasteiger charge is -2.34. The van der Waals surface area contributed by atoms with E-state index in [1.165, 1.54) is 12.8 Å². The molecule has 3 heterocycles. The van der Waals surface area contributed by atoms with E-state index < -0.39 is 12.0 Å². The number of rotatable bonds is 5. The Labute approximate surface area is 205 Å². The number of pyridine rings is 1. The monoisotopic (exact) mass is 484 g/mol. The quantitative estimate of drug-likeness (QED) is 0.602. The number of anilines is 3. The molecule has 6 nitrogen and oxygen atoms in total. The van der Waals surface area contributed by atoms with Crippen LogP contribution in [0.2, 0.25) is 0 Å². The number of benzene rings is 1. The van der Waals surface area contributed by atoms with Crippen LogP contribution in [0.5, 0.6) is 0 Å². The van der Waals surface area contributed by atoms with Crippen LogP contribution in [0.3, 0.4) is 0 Å². The first-order valence-electron chi connectivity index (χ1n) is 12.6. The smallest absolute Gasteiger partial charge is 0.259 e. The summed E-state index contributed by atoms with van der Waals surface area (Å²) in [5.41, 5.74) is 3.93. The normalized spacial score (nSPS) is 21.6. The molecular weight excluding hydrogens is 450 g/mol. The van der Waals surface area contributed by atoms with Crippen LogP contribution in [0.15, 0.2) is 30.3 Å². The average molecular weight is 485 g/mol. The maximum absolute atomic E-state index is 13.6. The highest BCUT2D eigenvalue weighted by molar-refractivity contribution is 6.07. The van der Waals surface area contributed by atoms with Crippen LogP contribution in [0.1, 0.15) is 73.2 Å². The van der Waals surface area contributed by atoms with E-state index in [9.17, 15) is 18.7 Å². The molecule has 2 saturated heterocycles. The average Bonchev–Trinajstić information content (AvgIpc) is 3.57. The van der Waals surface area contributed by atoms with Gasteiger partial charge in [-0.2, -0.15) is 0 Å². The van der Waals surface area contributed by atoms with Crippen LogP contribution < -0.4 is 15.1 Å². The van der Waals surface area contributed by atoms with Crippen molar-refractivity contribution in [2.45, 2.75) is 64.4 Å². The summed E-state index contributed by atoms with van der Waals surface area (Å²) in [5.74, 6) is -2.26. The zero-order chi connectivity index (χ0) is 24.8. The van der Waals surface area contributed by atoms with Gasteiger partial charge in [0.2, 0.25) is 0 Å². The molecule has 8 heteroatoms. The van der Waals surface area contributed by atoms with Gasteiger partial charge in [-0.1, -0.05) is 0 Å². The number of halogens is 2. The Morgan fingerprint density at radius 3 is 2.29 bits per heavy atom. The Balaban J connectivity index is 1.37. The van der Waals surface area contributed by atoms with Crippen LogP contribution in [0.25, 0.3) is 0 Å². The fraction of sp³-hybridized carbons (Fsp3) is 0.556. The lowest BCUT2D eigenvalue weighted by molar-refractivity contribution is -0.0220. The molecule has 3 fully saturated rings. The molecule has 1 aromatic heterocycles. The summed E-state index contributed by atoms with van der Waals surface area (Å²) >= 11 is 0. The number of aliphatic hydroxyl groups is 1. The van der Waals surface area contributed by atoms with E-state index in [0.29, 0.717) is 28.2 Å². The summed E-state index contributed by atoms with van der Waals surface area (Å²) in [6, 6.07) is 9.14. The molecule has 1 amide bonds. The van der Waals surface area contributed by atoms with Gasteiger partial charge in [0.25, 0.3) is 11.8 Å². The van der Waals surface area contributed by atoms with Crippen LogP contribution in [-0.2, 0) is 0 Å². The maximum Gasteiger partial charge on any atom is 0.259 e. The van der Waals surface area contributed by atoms with Crippen molar-refractivity contribution in [3.8, 4) is 0 Å². The van der Waals surface area contributed by atoms with E-state index >= 15 is 0 Å². The van der Waals surface area contributed by atoms with Crippen molar-refractivity contribution in [1.29, 1.82) is 0 Å². The molecule has 1 aliphatic carbocycles. The molecule has 1 saturated carbocycles. The highest BCUT2D eigenvalue weighted by atomic mass is 19.3. The van der Waals surface area contributed by atoms with Gasteiger partial charge >= 0.3 is 0 Å². The summed E-state index contributed by atoms with van der Waals surface area (Å²) in [7, 11) is 0. The molecule has 0 radical (unpaired) electrons. The van der Waals surface area contributed by atoms with Crippen molar-refractivity contribution in [3.05, 3.63) is 47.2 Å². The van der Waals surface area contributed by atoms with Crippen LogP contribution in [0.4, 0.5) is 26.0 Å². The third-order valence-corrected chi connectivity index (χ3v) is 7.83. The second kappa shape index (κ2) is 9.04. The molecule has 1 aromatic carbocycles. The number of carbonyl (C=O) groups is 1. The predicted octanol–water partition coefficient (Wildman–Crippen LogP) is 5.31. The van der Waals surface area contributed by atoms with Gasteiger partial charge in [0.1, 0.15) is 5.82 Å². The summed E-state index contributed by atoms with van der Waals surface area (Å²) in [6.07, 6.45) is 3.74. The molecule has 0 bridgehead atoms. The number of piperidine rings is 2. The molecular formula is C27H34F2N4O2. The number of nitrogens with one attached hydrogen (secondary N) is 1. The predicted molar refractivity (Wildman–Crippen MR) is 134 cm³/mol. The second-order valence-corrected chi connectivity index (χ2v) is 10.6. The van der Waals surface area contributed by atoms with Crippen molar-refractivity contribution in [1.82, 2.24) is 4.98 Å². The van der Waals surface area contributed by atoms with E-state index in [1.807, 2.05) is 30.0 Å². The molecule has 5 rings (SSSR count). The highest BCUT2D eigenvalue weighted by Gasteiger charge is 2.45. The maximum atomic E-state index is 13.6. The van der Waals surface area contributed by atoms with Gasteiger partial charge in [0, 0.05) is 50.4 Å². The molecule has 1 atom stereocenters. The minimum Gasteiger partial charge on any atom is -0.387 e. The van der Waals surface area contributed by atoms with Gasteiger partial charge in [0.15, 0.2) is 0 Å². The van der Waals surface area contributed by atoms with Crippen molar-refractivity contribution >= 4 is 23.1 Å². The number of aromatic nitrogens is 1. The van der Waals surface area contributed by atoms with E-state index in [4.69, 9.17) is 0 Å². The first-order chi connectivity index (χ1) is 16.6. The molecule has 1 spiro atoms. The number of amides is 1. The summed E-state index contributed by atoms with van der Waals surface area (Å²) < 4.78 is 27.2. The Hall–Kier alpha value is -2.74. The fourth-order valence-electron chi connectivity index (χ4n) is 5.29. The van der Waals surface area contributed by atoms with E-state index in [0.717, 1.165) is 37.2 Å². The van der Waals surface area contributed by atoms with Crippen molar-refractivity contribution in [3.63, 3.8) is 0 Å². The van der Waals surface area contributed by atoms with Crippen LogP contribution in [-0.4, -0.2) is 48.1 Å². The lowest BCUT2D eigenvalue weighted by Crippen LogP contribution is -2.39. The number of hydrogen-bond donors (Lipinski definition) is 2. The van der Waals surface area contributed by atoms with Crippen molar-refractivity contribution < 1.29 is 18.7 Å². The Bertz CT molecular complexity index is 1100.